The minimum absolute atomic E-state index is 0.432. The van der Waals surface area contributed by atoms with Crippen LogP contribution in [-0.4, -0.2) is 10.2 Å². The van der Waals surface area contributed by atoms with Crippen molar-refractivity contribution < 1.29 is 0 Å². The number of aromatic nitrogens is 2. The SMILES string of the molecule is Cc1ccc([C@H](C)Cc2nnc(C(C)C)cc2C)c(C)c1. The van der Waals surface area contributed by atoms with Gasteiger partial charge in [0.05, 0.1) is 11.4 Å². The topological polar surface area (TPSA) is 25.8 Å². The summed E-state index contributed by atoms with van der Waals surface area (Å²) in [6.07, 6.45) is 0.946. The van der Waals surface area contributed by atoms with E-state index in [9.17, 15) is 0 Å². The largest absolute Gasteiger partial charge is 0.155 e. The molecule has 0 N–H and O–H groups in total. The molecule has 2 aromatic rings. The third-order valence-corrected chi connectivity index (χ3v) is 4.15. The lowest BCUT2D eigenvalue weighted by atomic mass is 9.90. The Morgan fingerprint density at radius 1 is 0.905 bits per heavy atom. The molecular formula is C19H26N2. The summed E-state index contributed by atoms with van der Waals surface area (Å²) >= 11 is 0. The first-order chi connectivity index (χ1) is 9.88. The zero-order valence-corrected chi connectivity index (χ0v) is 14.1. The summed E-state index contributed by atoms with van der Waals surface area (Å²) in [6.45, 7) is 13.1. The number of hydrogen-bond acceptors (Lipinski definition) is 2. The van der Waals surface area contributed by atoms with Crippen molar-refractivity contribution in [2.75, 3.05) is 0 Å². The van der Waals surface area contributed by atoms with Crippen molar-refractivity contribution in [1.82, 2.24) is 10.2 Å². The van der Waals surface area contributed by atoms with E-state index in [4.69, 9.17) is 0 Å². The van der Waals surface area contributed by atoms with E-state index in [2.05, 4.69) is 76.0 Å². The lowest BCUT2D eigenvalue weighted by molar-refractivity contribution is 0.697. The van der Waals surface area contributed by atoms with Gasteiger partial charge in [0.2, 0.25) is 0 Å². The molecule has 1 heterocycles. The van der Waals surface area contributed by atoms with E-state index in [0.717, 1.165) is 17.8 Å². The number of benzene rings is 1. The Balaban J connectivity index is 2.21. The van der Waals surface area contributed by atoms with Gasteiger partial charge in [-0.25, -0.2) is 0 Å². The molecular weight excluding hydrogens is 256 g/mol. The molecule has 1 atom stereocenters. The highest BCUT2D eigenvalue weighted by Gasteiger charge is 2.13. The van der Waals surface area contributed by atoms with Gasteiger partial charge < -0.3 is 0 Å². The van der Waals surface area contributed by atoms with Gasteiger partial charge in [0.15, 0.2) is 0 Å². The summed E-state index contributed by atoms with van der Waals surface area (Å²) in [5.74, 6) is 0.894. The fourth-order valence-electron chi connectivity index (χ4n) is 2.79. The summed E-state index contributed by atoms with van der Waals surface area (Å²) in [5, 5.41) is 8.83. The Morgan fingerprint density at radius 3 is 2.19 bits per heavy atom. The molecule has 1 aromatic heterocycles. The van der Waals surface area contributed by atoms with Crippen LogP contribution < -0.4 is 0 Å². The number of rotatable bonds is 4. The van der Waals surface area contributed by atoms with Crippen LogP contribution in [0.15, 0.2) is 24.3 Å². The number of hydrogen-bond donors (Lipinski definition) is 0. The maximum atomic E-state index is 4.46. The second-order valence-corrected chi connectivity index (χ2v) is 6.52. The van der Waals surface area contributed by atoms with Crippen LogP contribution in [0.1, 0.15) is 66.2 Å². The fourth-order valence-corrected chi connectivity index (χ4v) is 2.79. The summed E-state index contributed by atoms with van der Waals surface area (Å²) in [7, 11) is 0. The highest BCUT2D eigenvalue weighted by atomic mass is 15.1. The first-order valence-corrected chi connectivity index (χ1v) is 7.78. The molecule has 0 unspecified atom stereocenters. The van der Waals surface area contributed by atoms with Gasteiger partial charge in [-0.3, -0.25) is 0 Å². The van der Waals surface area contributed by atoms with Gasteiger partial charge >= 0.3 is 0 Å². The summed E-state index contributed by atoms with van der Waals surface area (Å²) in [6, 6.07) is 8.88. The lowest BCUT2D eigenvalue weighted by Gasteiger charge is -2.16. The molecule has 1 aromatic carbocycles. The van der Waals surface area contributed by atoms with E-state index in [0.29, 0.717) is 11.8 Å². The molecule has 0 bridgehead atoms. The molecule has 2 rings (SSSR count). The third kappa shape index (κ3) is 3.69. The van der Waals surface area contributed by atoms with Gasteiger partial charge in [0.25, 0.3) is 0 Å². The first kappa shape index (κ1) is 15.7. The highest BCUT2D eigenvalue weighted by Crippen LogP contribution is 2.25. The lowest BCUT2D eigenvalue weighted by Crippen LogP contribution is -2.07. The van der Waals surface area contributed by atoms with Crippen molar-refractivity contribution in [2.45, 2.75) is 59.8 Å². The smallest absolute Gasteiger partial charge is 0.0666 e. The van der Waals surface area contributed by atoms with Crippen LogP contribution >= 0.6 is 0 Å². The van der Waals surface area contributed by atoms with E-state index in [1.807, 2.05) is 0 Å². The Labute approximate surface area is 128 Å². The van der Waals surface area contributed by atoms with Gasteiger partial charge in [-0.15, -0.1) is 0 Å². The van der Waals surface area contributed by atoms with Gasteiger partial charge in [-0.2, -0.15) is 10.2 Å². The van der Waals surface area contributed by atoms with Crippen molar-refractivity contribution in [3.05, 3.63) is 57.9 Å². The van der Waals surface area contributed by atoms with Gasteiger partial charge in [-0.05, 0) is 61.8 Å². The molecule has 0 fully saturated rings. The molecule has 0 aliphatic heterocycles. The number of aryl methyl sites for hydroxylation is 3. The van der Waals surface area contributed by atoms with Crippen LogP contribution in [0.3, 0.4) is 0 Å². The monoisotopic (exact) mass is 282 g/mol. The van der Waals surface area contributed by atoms with Gasteiger partial charge in [-0.1, -0.05) is 44.5 Å². The molecule has 0 amide bonds. The van der Waals surface area contributed by atoms with Crippen molar-refractivity contribution in [1.29, 1.82) is 0 Å². The molecule has 0 saturated heterocycles. The van der Waals surface area contributed by atoms with Crippen LogP contribution in [-0.2, 0) is 6.42 Å². The second-order valence-electron chi connectivity index (χ2n) is 6.52. The Kier molecular flexibility index (Phi) is 4.76. The maximum absolute atomic E-state index is 4.46. The molecule has 0 radical (unpaired) electrons. The molecule has 112 valence electrons. The van der Waals surface area contributed by atoms with Crippen molar-refractivity contribution in [2.24, 2.45) is 0 Å². The van der Waals surface area contributed by atoms with E-state index >= 15 is 0 Å². The Morgan fingerprint density at radius 2 is 1.62 bits per heavy atom. The molecule has 0 spiro atoms. The van der Waals surface area contributed by atoms with Crippen LogP contribution in [0.2, 0.25) is 0 Å². The van der Waals surface area contributed by atoms with E-state index in [1.54, 1.807) is 0 Å². The average Bonchev–Trinajstić information content (AvgIpc) is 2.40. The zero-order chi connectivity index (χ0) is 15.6. The third-order valence-electron chi connectivity index (χ3n) is 4.15. The molecule has 0 aliphatic carbocycles. The Bertz CT molecular complexity index is 629. The quantitative estimate of drug-likeness (QED) is 0.799. The maximum Gasteiger partial charge on any atom is 0.0666 e. The predicted molar refractivity (Wildman–Crippen MR) is 88.9 cm³/mol. The minimum Gasteiger partial charge on any atom is -0.155 e. The molecule has 21 heavy (non-hydrogen) atoms. The standard InChI is InChI=1S/C19H26N2/c1-12(2)18-11-16(6)19(21-20-18)10-15(5)17-8-7-13(3)9-14(17)4/h7-9,11-12,15H,10H2,1-6H3/t15-/m1/s1. The molecule has 0 saturated carbocycles. The summed E-state index contributed by atoms with van der Waals surface area (Å²) in [5.41, 5.74) is 7.55. The van der Waals surface area contributed by atoms with Crippen molar-refractivity contribution in [3.8, 4) is 0 Å². The van der Waals surface area contributed by atoms with E-state index < -0.39 is 0 Å². The minimum atomic E-state index is 0.432. The fraction of sp³-hybridized carbons (Fsp3) is 0.474. The zero-order valence-electron chi connectivity index (χ0n) is 14.1. The van der Waals surface area contributed by atoms with Crippen molar-refractivity contribution in [3.63, 3.8) is 0 Å². The highest BCUT2D eigenvalue weighted by molar-refractivity contribution is 5.34. The van der Waals surface area contributed by atoms with Crippen LogP contribution in [0, 0.1) is 20.8 Å². The number of nitrogens with zero attached hydrogens (tertiary/aromatic N) is 2. The normalized spacial score (nSPS) is 12.7. The molecule has 2 heteroatoms. The molecule has 0 aliphatic rings. The molecule has 2 nitrogen and oxygen atoms in total. The predicted octanol–water partition coefficient (Wildman–Crippen LogP) is 4.87. The summed E-state index contributed by atoms with van der Waals surface area (Å²) in [4.78, 5) is 0. The van der Waals surface area contributed by atoms with Crippen LogP contribution in [0.4, 0.5) is 0 Å². The van der Waals surface area contributed by atoms with Gasteiger partial charge in [0, 0.05) is 0 Å². The van der Waals surface area contributed by atoms with E-state index in [1.165, 1.54) is 22.3 Å². The average molecular weight is 282 g/mol. The van der Waals surface area contributed by atoms with Gasteiger partial charge in [0.1, 0.15) is 0 Å². The van der Waals surface area contributed by atoms with Crippen LogP contribution in [0.25, 0.3) is 0 Å². The van der Waals surface area contributed by atoms with E-state index in [-0.39, 0.29) is 0 Å². The summed E-state index contributed by atoms with van der Waals surface area (Å²) < 4.78 is 0. The van der Waals surface area contributed by atoms with Crippen molar-refractivity contribution >= 4 is 0 Å². The first-order valence-electron chi connectivity index (χ1n) is 7.78. The van der Waals surface area contributed by atoms with Crippen LogP contribution in [0.5, 0.6) is 0 Å². The second kappa shape index (κ2) is 6.38. The Hall–Kier alpha value is -1.70.